The lowest BCUT2D eigenvalue weighted by Gasteiger charge is -2.18. The van der Waals surface area contributed by atoms with Crippen molar-refractivity contribution in [3.8, 4) is 0 Å². The molecule has 0 bridgehead atoms. The highest BCUT2D eigenvalue weighted by molar-refractivity contribution is 6.20. The van der Waals surface area contributed by atoms with Gasteiger partial charge in [0, 0.05) is 13.7 Å². The predicted octanol–water partition coefficient (Wildman–Crippen LogP) is 4.05. The van der Waals surface area contributed by atoms with E-state index in [0.717, 1.165) is 19.4 Å². The maximum absolute atomic E-state index is 6.46. The Morgan fingerprint density at radius 2 is 1.83 bits per heavy atom. The molecule has 0 N–H and O–H groups in total. The molecule has 1 rings (SSSR count). The van der Waals surface area contributed by atoms with Crippen molar-refractivity contribution >= 4 is 11.6 Å². The highest BCUT2D eigenvalue weighted by atomic mass is 35.5. The quantitative estimate of drug-likeness (QED) is 0.498. The summed E-state index contributed by atoms with van der Waals surface area (Å²) in [5.41, 5.74) is 1.20. The molecular weight excluding hydrogens is 248 g/mol. The van der Waals surface area contributed by atoms with Crippen LogP contribution in [-0.4, -0.2) is 26.9 Å². The Morgan fingerprint density at radius 1 is 1.11 bits per heavy atom. The zero-order chi connectivity index (χ0) is 13.2. The zero-order valence-corrected chi connectivity index (χ0v) is 12.0. The third-order valence-corrected chi connectivity index (χ3v) is 3.68. The van der Waals surface area contributed by atoms with Crippen molar-refractivity contribution in [3.63, 3.8) is 0 Å². The van der Waals surface area contributed by atoms with E-state index in [1.807, 2.05) is 18.2 Å². The first kappa shape index (κ1) is 15.5. The van der Waals surface area contributed by atoms with Crippen molar-refractivity contribution in [2.75, 3.05) is 26.9 Å². The van der Waals surface area contributed by atoms with Gasteiger partial charge in [-0.3, -0.25) is 0 Å². The molecule has 2 nitrogen and oxygen atoms in total. The smallest absolute Gasteiger partial charge is 0.0700 e. The summed E-state index contributed by atoms with van der Waals surface area (Å²) < 4.78 is 10.4. The molecule has 1 aromatic rings. The minimum Gasteiger partial charge on any atom is -0.382 e. The highest BCUT2D eigenvalue weighted by Gasteiger charge is 2.15. The molecule has 0 aliphatic carbocycles. The van der Waals surface area contributed by atoms with E-state index in [1.165, 1.54) is 5.56 Å². The molecule has 0 saturated carbocycles. The van der Waals surface area contributed by atoms with Crippen molar-refractivity contribution in [2.45, 2.75) is 25.1 Å². The fourth-order valence-corrected chi connectivity index (χ4v) is 2.13. The highest BCUT2D eigenvalue weighted by Crippen LogP contribution is 2.31. The second kappa shape index (κ2) is 9.37. The molecule has 0 aliphatic rings. The SMILES string of the molecule is COCCOCCCC(C)C(Cl)c1ccccc1. The molecule has 3 heteroatoms. The van der Waals surface area contributed by atoms with Crippen LogP contribution in [0, 0.1) is 5.92 Å². The van der Waals surface area contributed by atoms with E-state index < -0.39 is 0 Å². The normalized spacial score (nSPS) is 14.4. The fraction of sp³-hybridized carbons (Fsp3) is 0.600. The molecule has 0 amide bonds. The van der Waals surface area contributed by atoms with Crippen molar-refractivity contribution in [2.24, 2.45) is 5.92 Å². The predicted molar refractivity (Wildman–Crippen MR) is 76.1 cm³/mol. The summed E-state index contributed by atoms with van der Waals surface area (Å²) in [4.78, 5) is 0. The van der Waals surface area contributed by atoms with Gasteiger partial charge in [0.1, 0.15) is 0 Å². The topological polar surface area (TPSA) is 18.5 Å². The van der Waals surface area contributed by atoms with Gasteiger partial charge in [0.15, 0.2) is 0 Å². The van der Waals surface area contributed by atoms with Crippen molar-refractivity contribution < 1.29 is 9.47 Å². The Labute approximate surface area is 115 Å². The number of methoxy groups -OCH3 is 1. The number of rotatable bonds is 9. The summed E-state index contributed by atoms with van der Waals surface area (Å²) in [7, 11) is 1.68. The molecule has 1 aromatic carbocycles. The van der Waals surface area contributed by atoms with Crippen LogP contribution in [0.3, 0.4) is 0 Å². The standard InChI is InChI=1S/C15H23ClO2/c1-13(7-6-10-18-12-11-17-2)15(16)14-8-4-3-5-9-14/h3-5,8-9,13,15H,6-7,10-12H2,1-2H3. The number of benzene rings is 1. The van der Waals surface area contributed by atoms with Gasteiger partial charge in [0.2, 0.25) is 0 Å². The van der Waals surface area contributed by atoms with E-state index in [2.05, 4.69) is 19.1 Å². The van der Waals surface area contributed by atoms with E-state index >= 15 is 0 Å². The van der Waals surface area contributed by atoms with Gasteiger partial charge in [0.05, 0.1) is 18.6 Å². The van der Waals surface area contributed by atoms with Crippen molar-refractivity contribution in [1.82, 2.24) is 0 Å². The van der Waals surface area contributed by atoms with Crippen LogP contribution in [0.4, 0.5) is 0 Å². The Kier molecular flexibility index (Phi) is 8.06. The second-order valence-corrected chi connectivity index (χ2v) is 5.01. The van der Waals surface area contributed by atoms with Crippen LogP contribution < -0.4 is 0 Å². The van der Waals surface area contributed by atoms with Crippen LogP contribution in [0.15, 0.2) is 30.3 Å². The Morgan fingerprint density at radius 3 is 2.50 bits per heavy atom. The van der Waals surface area contributed by atoms with Crippen LogP contribution in [0.1, 0.15) is 30.7 Å². The van der Waals surface area contributed by atoms with Gasteiger partial charge in [-0.1, -0.05) is 37.3 Å². The van der Waals surface area contributed by atoms with E-state index in [4.69, 9.17) is 21.1 Å². The largest absolute Gasteiger partial charge is 0.382 e. The van der Waals surface area contributed by atoms with E-state index in [-0.39, 0.29) is 5.38 Å². The number of hydrogen-bond acceptors (Lipinski definition) is 2. The third kappa shape index (κ3) is 5.85. The second-order valence-electron chi connectivity index (χ2n) is 4.54. The van der Waals surface area contributed by atoms with Gasteiger partial charge in [-0.15, -0.1) is 11.6 Å². The molecule has 0 spiro atoms. The average Bonchev–Trinajstić information content (AvgIpc) is 2.42. The maximum atomic E-state index is 6.46. The Bertz CT molecular complexity index is 303. The molecule has 0 heterocycles. The van der Waals surface area contributed by atoms with Gasteiger partial charge >= 0.3 is 0 Å². The maximum Gasteiger partial charge on any atom is 0.0700 e. The van der Waals surface area contributed by atoms with E-state index in [1.54, 1.807) is 7.11 Å². The van der Waals surface area contributed by atoms with Crippen LogP contribution >= 0.6 is 11.6 Å². The number of alkyl halides is 1. The summed E-state index contributed by atoms with van der Waals surface area (Å²) in [5, 5.41) is 0.0881. The lowest BCUT2D eigenvalue weighted by molar-refractivity contribution is 0.0674. The van der Waals surface area contributed by atoms with Gasteiger partial charge < -0.3 is 9.47 Å². The number of hydrogen-bond donors (Lipinski definition) is 0. The molecule has 0 radical (unpaired) electrons. The number of ether oxygens (including phenoxy) is 2. The van der Waals surface area contributed by atoms with Gasteiger partial charge in [-0.25, -0.2) is 0 Å². The van der Waals surface area contributed by atoms with Crippen LogP contribution in [0.25, 0.3) is 0 Å². The van der Waals surface area contributed by atoms with Gasteiger partial charge in [-0.2, -0.15) is 0 Å². The molecule has 102 valence electrons. The minimum atomic E-state index is 0.0881. The summed E-state index contributed by atoms with van der Waals surface area (Å²) in [6, 6.07) is 10.3. The summed E-state index contributed by atoms with van der Waals surface area (Å²) in [6.07, 6.45) is 2.12. The number of halogens is 1. The fourth-order valence-electron chi connectivity index (χ4n) is 1.86. The van der Waals surface area contributed by atoms with Gasteiger partial charge in [-0.05, 0) is 24.3 Å². The van der Waals surface area contributed by atoms with E-state index in [0.29, 0.717) is 19.1 Å². The van der Waals surface area contributed by atoms with Crippen molar-refractivity contribution in [1.29, 1.82) is 0 Å². The van der Waals surface area contributed by atoms with E-state index in [9.17, 15) is 0 Å². The monoisotopic (exact) mass is 270 g/mol. The minimum absolute atomic E-state index is 0.0881. The molecule has 2 unspecified atom stereocenters. The molecule has 0 aliphatic heterocycles. The molecule has 0 aromatic heterocycles. The third-order valence-electron chi connectivity index (χ3n) is 3.00. The Balaban J connectivity index is 2.18. The first-order valence-electron chi connectivity index (χ1n) is 6.51. The van der Waals surface area contributed by atoms with Crippen LogP contribution in [-0.2, 0) is 9.47 Å². The molecule has 18 heavy (non-hydrogen) atoms. The van der Waals surface area contributed by atoms with Gasteiger partial charge in [0.25, 0.3) is 0 Å². The lowest BCUT2D eigenvalue weighted by atomic mass is 9.96. The van der Waals surface area contributed by atoms with Crippen molar-refractivity contribution in [3.05, 3.63) is 35.9 Å². The molecule has 0 saturated heterocycles. The lowest BCUT2D eigenvalue weighted by Crippen LogP contribution is -2.07. The summed E-state index contributed by atoms with van der Waals surface area (Å²) in [5.74, 6) is 0.458. The van der Waals surface area contributed by atoms with Crippen LogP contribution in [0.2, 0.25) is 0 Å². The Hall–Kier alpha value is -0.570. The molecule has 0 fully saturated rings. The molecule has 2 atom stereocenters. The first-order chi connectivity index (χ1) is 8.75. The molecular formula is C15H23ClO2. The van der Waals surface area contributed by atoms with Crippen LogP contribution in [0.5, 0.6) is 0 Å². The first-order valence-corrected chi connectivity index (χ1v) is 6.95. The summed E-state index contributed by atoms with van der Waals surface area (Å²) >= 11 is 6.46. The zero-order valence-electron chi connectivity index (χ0n) is 11.3. The average molecular weight is 271 g/mol. The summed E-state index contributed by atoms with van der Waals surface area (Å²) in [6.45, 7) is 4.32.